The maximum atomic E-state index is 11.0. The summed E-state index contributed by atoms with van der Waals surface area (Å²) in [5, 5.41) is 24.4. The quantitative estimate of drug-likeness (QED) is 0.652. The van der Waals surface area contributed by atoms with E-state index in [0.29, 0.717) is 12.2 Å². The van der Waals surface area contributed by atoms with E-state index in [1.807, 2.05) is 0 Å². The summed E-state index contributed by atoms with van der Waals surface area (Å²) in [5.41, 5.74) is 0.229. The van der Waals surface area contributed by atoms with E-state index in [2.05, 4.69) is 5.32 Å². The molecule has 5 nitrogen and oxygen atoms in total. The summed E-state index contributed by atoms with van der Waals surface area (Å²) in [7, 11) is 0. The number of hydrogen-bond donors (Lipinski definition) is 2. The minimum absolute atomic E-state index is 0.107. The molecule has 0 aromatic heterocycles. The van der Waals surface area contributed by atoms with Crippen molar-refractivity contribution in [2.75, 3.05) is 11.9 Å². The van der Waals surface area contributed by atoms with E-state index >= 15 is 0 Å². The Kier molecular flexibility index (Phi) is 5.07. The molecule has 20 heavy (non-hydrogen) atoms. The molecule has 2 atom stereocenters. The summed E-state index contributed by atoms with van der Waals surface area (Å²) >= 11 is 11.7. The minimum atomic E-state index is -0.498. The van der Waals surface area contributed by atoms with Crippen LogP contribution < -0.4 is 5.32 Å². The van der Waals surface area contributed by atoms with Crippen LogP contribution in [0.2, 0.25) is 10.0 Å². The Morgan fingerprint density at radius 3 is 2.60 bits per heavy atom. The number of nitro groups is 1. The smallest absolute Gasteiger partial charge is 0.293 e. The highest BCUT2D eigenvalue weighted by Gasteiger charge is 2.24. The molecule has 0 bridgehead atoms. The van der Waals surface area contributed by atoms with E-state index in [9.17, 15) is 15.2 Å². The van der Waals surface area contributed by atoms with Crippen molar-refractivity contribution in [2.45, 2.75) is 31.8 Å². The van der Waals surface area contributed by atoms with Crippen LogP contribution in [-0.2, 0) is 0 Å². The van der Waals surface area contributed by atoms with Gasteiger partial charge in [0.25, 0.3) is 5.69 Å². The SMILES string of the molecule is O=[N+]([O-])c1cc(Cl)c(Cl)cc1NCC1CCCCC1O. The summed E-state index contributed by atoms with van der Waals surface area (Å²) in [6, 6.07) is 2.70. The van der Waals surface area contributed by atoms with Crippen molar-refractivity contribution in [3.05, 3.63) is 32.3 Å². The van der Waals surface area contributed by atoms with Crippen LogP contribution in [0.5, 0.6) is 0 Å². The molecule has 1 saturated carbocycles. The van der Waals surface area contributed by atoms with Gasteiger partial charge in [0.2, 0.25) is 0 Å². The van der Waals surface area contributed by atoms with Gasteiger partial charge in [-0.25, -0.2) is 0 Å². The Balaban J connectivity index is 2.12. The van der Waals surface area contributed by atoms with Gasteiger partial charge in [0.1, 0.15) is 5.69 Å². The molecule has 0 spiro atoms. The molecule has 7 heteroatoms. The molecule has 2 rings (SSSR count). The fourth-order valence-electron chi connectivity index (χ4n) is 2.50. The highest BCUT2D eigenvalue weighted by atomic mass is 35.5. The third-order valence-electron chi connectivity index (χ3n) is 3.66. The summed E-state index contributed by atoms with van der Waals surface area (Å²) in [5.74, 6) is 0.109. The zero-order chi connectivity index (χ0) is 14.7. The monoisotopic (exact) mass is 318 g/mol. The first-order valence-electron chi connectivity index (χ1n) is 6.54. The molecule has 2 unspecified atom stereocenters. The maximum Gasteiger partial charge on any atom is 0.293 e. The first-order chi connectivity index (χ1) is 9.49. The van der Waals surface area contributed by atoms with Crippen molar-refractivity contribution in [1.82, 2.24) is 0 Å². The second kappa shape index (κ2) is 6.61. The lowest BCUT2D eigenvalue weighted by Gasteiger charge is -2.27. The van der Waals surface area contributed by atoms with Gasteiger partial charge in [-0.3, -0.25) is 10.1 Å². The molecule has 0 amide bonds. The van der Waals surface area contributed by atoms with E-state index in [1.54, 1.807) is 0 Å². The molecule has 0 heterocycles. The summed E-state index contributed by atoms with van der Waals surface area (Å²) in [6.45, 7) is 0.486. The first-order valence-corrected chi connectivity index (χ1v) is 7.30. The van der Waals surface area contributed by atoms with Crippen molar-refractivity contribution in [3.63, 3.8) is 0 Å². The molecule has 1 aliphatic carbocycles. The lowest BCUT2D eigenvalue weighted by molar-refractivity contribution is -0.383. The van der Waals surface area contributed by atoms with Crippen LogP contribution in [0.25, 0.3) is 0 Å². The second-order valence-corrected chi connectivity index (χ2v) is 5.85. The van der Waals surface area contributed by atoms with Crippen molar-refractivity contribution >= 4 is 34.6 Å². The van der Waals surface area contributed by atoms with Crippen LogP contribution in [0.3, 0.4) is 0 Å². The summed E-state index contributed by atoms with van der Waals surface area (Å²) in [6.07, 6.45) is 3.47. The van der Waals surface area contributed by atoms with E-state index in [4.69, 9.17) is 23.2 Å². The summed E-state index contributed by atoms with van der Waals surface area (Å²) in [4.78, 5) is 10.5. The van der Waals surface area contributed by atoms with Gasteiger partial charge in [0.15, 0.2) is 0 Å². The average Bonchev–Trinajstić information content (AvgIpc) is 2.41. The number of aliphatic hydroxyl groups excluding tert-OH is 1. The van der Waals surface area contributed by atoms with Gasteiger partial charge < -0.3 is 10.4 Å². The van der Waals surface area contributed by atoms with E-state index in [-0.39, 0.29) is 27.8 Å². The Morgan fingerprint density at radius 1 is 1.30 bits per heavy atom. The average molecular weight is 319 g/mol. The molecule has 0 aliphatic heterocycles. The fraction of sp³-hybridized carbons (Fsp3) is 0.538. The van der Waals surface area contributed by atoms with E-state index < -0.39 is 4.92 Å². The molecule has 1 aromatic rings. The standard InChI is InChI=1S/C13H16Cl2N2O3/c14-9-5-11(12(17(19)20)6-10(9)15)16-7-8-3-1-2-4-13(8)18/h5-6,8,13,16,18H,1-4,7H2. The van der Waals surface area contributed by atoms with Crippen LogP contribution in [-0.4, -0.2) is 22.7 Å². The Hall–Kier alpha value is -1.04. The van der Waals surface area contributed by atoms with Gasteiger partial charge in [0, 0.05) is 18.5 Å². The van der Waals surface area contributed by atoms with Crippen LogP contribution >= 0.6 is 23.2 Å². The van der Waals surface area contributed by atoms with Crippen molar-refractivity contribution < 1.29 is 10.0 Å². The summed E-state index contributed by atoms with van der Waals surface area (Å²) < 4.78 is 0. The zero-order valence-electron chi connectivity index (χ0n) is 10.8. The number of nitrogens with one attached hydrogen (secondary N) is 1. The minimum Gasteiger partial charge on any atom is -0.393 e. The van der Waals surface area contributed by atoms with Gasteiger partial charge >= 0.3 is 0 Å². The molecule has 110 valence electrons. The number of rotatable bonds is 4. The van der Waals surface area contributed by atoms with Gasteiger partial charge in [-0.1, -0.05) is 36.0 Å². The Labute approximate surface area is 127 Å². The number of hydrogen-bond acceptors (Lipinski definition) is 4. The Morgan fingerprint density at radius 2 is 1.95 bits per heavy atom. The van der Waals surface area contributed by atoms with Crippen LogP contribution in [0.4, 0.5) is 11.4 Å². The van der Waals surface area contributed by atoms with Gasteiger partial charge in [0.05, 0.1) is 21.1 Å². The maximum absolute atomic E-state index is 11.0. The third-order valence-corrected chi connectivity index (χ3v) is 4.38. The van der Waals surface area contributed by atoms with Gasteiger partial charge in [-0.2, -0.15) is 0 Å². The molecule has 1 aromatic carbocycles. The molecular weight excluding hydrogens is 303 g/mol. The lowest BCUT2D eigenvalue weighted by Crippen LogP contribution is -2.30. The van der Waals surface area contributed by atoms with E-state index in [0.717, 1.165) is 25.7 Å². The van der Waals surface area contributed by atoms with E-state index in [1.165, 1.54) is 12.1 Å². The van der Waals surface area contributed by atoms with Gasteiger partial charge in [-0.15, -0.1) is 0 Å². The molecule has 2 N–H and O–H groups in total. The molecular formula is C13H16Cl2N2O3. The molecule has 0 saturated heterocycles. The molecule has 1 fully saturated rings. The van der Waals surface area contributed by atoms with Crippen molar-refractivity contribution in [1.29, 1.82) is 0 Å². The number of aliphatic hydroxyl groups is 1. The van der Waals surface area contributed by atoms with Gasteiger partial charge in [-0.05, 0) is 18.9 Å². The predicted octanol–water partition coefficient (Wildman–Crippen LogP) is 3.86. The third kappa shape index (κ3) is 3.53. The number of benzene rings is 1. The molecule has 1 aliphatic rings. The number of nitro benzene ring substituents is 1. The molecule has 0 radical (unpaired) electrons. The van der Waals surface area contributed by atoms with Crippen LogP contribution in [0, 0.1) is 16.0 Å². The van der Waals surface area contributed by atoms with Crippen molar-refractivity contribution in [2.24, 2.45) is 5.92 Å². The van der Waals surface area contributed by atoms with Crippen LogP contribution in [0.15, 0.2) is 12.1 Å². The Bertz CT molecular complexity index is 511. The number of nitrogens with zero attached hydrogens (tertiary/aromatic N) is 1. The zero-order valence-corrected chi connectivity index (χ0v) is 12.3. The van der Waals surface area contributed by atoms with Crippen LogP contribution in [0.1, 0.15) is 25.7 Å². The highest BCUT2D eigenvalue weighted by Crippen LogP contribution is 2.34. The normalized spacial score (nSPS) is 22.6. The predicted molar refractivity (Wildman–Crippen MR) is 79.6 cm³/mol. The second-order valence-electron chi connectivity index (χ2n) is 5.03. The van der Waals surface area contributed by atoms with Crippen molar-refractivity contribution in [3.8, 4) is 0 Å². The first kappa shape index (κ1) is 15.4. The fourth-order valence-corrected chi connectivity index (χ4v) is 2.82. The number of anilines is 1. The highest BCUT2D eigenvalue weighted by molar-refractivity contribution is 6.42. The topological polar surface area (TPSA) is 75.4 Å². The largest absolute Gasteiger partial charge is 0.393 e. The lowest BCUT2D eigenvalue weighted by atomic mass is 9.86. The number of halogens is 2.